The second-order valence-corrected chi connectivity index (χ2v) is 9.08. The standard InChI is InChI=1S/C29H34N2O4/c1-21(2)19-23-8-10-24(11-9-23)27-15-14-26(20-31-27)35-18-4-3-5-22-6-12-25(13-7-22)29(34)30-17-16-28(32)33/h6-15,20-21H,3-5,16-19H2,1-2H3,(H,30,34)(H,32,33). The van der Waals surface area contributed by atoms with Gasteiger partial charge in [0.2, 0.25) is 0 Å². The van der Waals surface area contributed by atoms with E-state index in [9.17, 15) is 9.59 Å². The minimum absolute atomic E-state index is 0.0849. The number of hydrogen-bond acceptors (Lipinski definition) is 4. The van der Waals surface area contributed by atoms with E-state index < -0.39 is 5.97 Å². The summed E-state index contributed by atoms with van der Waals surface area (Å²) in [6, 6.07) is 20.0. The van der Waals surface area contributed by atoms with Gasteiger partial charge in [-0.1, -0.05) is 50.2 Å². The summed E-state index contributed by atoms with van der Waals surface area (Å²) in [5.74, 6) is 0.227. The first kappa shape index (κ1) is 25.9. The predicted molar refractivity (Wildman–Crippen MR) is 138 cm³/mol. The Labute approximate surface area is 207 Å². The SMILES string of the molecule is CC(C)Cc1ccc(-c2ccc(OCCCCc3ccc(C(=O)NCCC(=O)O)cc3)cn2)cc1. The molecule has 35 heavy (non-hydrogen) atoms. The van der Waals surface area contributed by atoms with Crippen molar-refractivity contribution in [2.75, 3.05) is 13.2 Å². The molecule has 0 saturated heterocycles. The van der Waals surface area contributed by atoms with E-state index in [2.05, 4.69) is 48.4 Å². The minimum atomic E-state index is -0.930. The van der Waals surface area contributed by atoms with Gasteiger partial charge in [0.05, 0.1) is 24.9 Å². The Balaban J connectivity index is 1.36. The molecule has 3 rings (SSSR count). The molecule has 184 valence electrons. The molecule has 0 aliphatic carbocycles. The molecular weight excluding hydrogens is 440 g/mol. The molecule has 3 aromatic rings. The van der Waals surface area contributed by atoms with Crippen molar-refractivity contribution in [1.82, 2.24) is 10.3 Å². The first-order valence-corrected chi connectivity index (χ1v) is 12.2. The van der Waals surface area contributed by atoms with Crippen LogP contribution in [0.4, 0.5) is 0 Å². The summed E-state index contributed by atoms with van der Waals surface area (Å²) in [4.78, 5) is 27.1. The van der Waals surface area contributed by atoms with Crippen LogP contribution in [-0.2, 0) is 17.6 Å². The predicted octanol–water partition coefficient (Wildman–Crippen LogP) is 5.55. The molecule has 0 unspecified atom stereocenters. The molecule has 6 nitrogen and oxygen atoms in total. The minimum Gasteiger partial charge on any atom is -0.492 e. The summed E-state index contributed by atoms with van der Waals surface area (Å²) in [5.41, 5.74) is 5.07. The quantitative estimate of drug-likeness (QED) is 0.317. The average Bonchev–Trinajstić information content (AvgIpc) is 2.84. The zero-order chi connectivity index (χ0) is 25.0. The third-order valence-corrected chi connectivity index (χ3v) is 5.60. The normalized spacial score (nSPS) is 10.8. The van der Waals surface area contributed by atoms with Crippen LogP contribution in [0.2, 0.25) is 0 Å². The Morgan fingerprint density at radius 3 is 2.29 bits per heavy atom. The molecule has 0 aliphatic heterocycles. The lowest BCUT2D eigenvalue weighted by atomic mass is 10.0. The van der Waals surface area contributed by atoms with Crippen molar-refractivity contribution in [2.45, 2.75) is 46.0 Å². The van der Waals surface area contributed by atoms with E-state index in [4.69, 9.17) is 9.84 Å². The molecule has 0 radical (unpaired) electrons. The highest BCUT2D eigenvalue weighted by molar-refractivity contribution is 5.94. The maximum absolute atomic E-state index is 12.0. The summed E-state index contributed by atoms with van der Waals surface area (Å²) in [6.07, 6.45) is 5.55. The largest absolute Gasteiger partial charge is 0.492 e. The third-order valence-electron chi connectivity index (χ3n) is 5.60. The van der Waals surface area contributed by atoms with Gasteiger partial charge in [-0.05, 0) is 67.0 Å². The van der Waals surface area contributed by atoms with Gasteiger partial charge >= 0.3 is 5.97 Å². The Kier molecular flexibility index (Phi) is 9.84. The maximum atomic E-state index is 12.0. The summed E-state index contributed by atoms with van der Waals surface area (Å²) in [7, 11) is 0. The van der Waals surface area contributed by atoms with Crippen molar-refractivity contribution in [1.29, 1.82) is 0 Å². The van der Waals surface area contributed by atoms with Crippen LogP contribution in [0.15, 0.2) is 66.9 Å². The van der Waals surface area contributed by atoms with Crippen molar-refractivity contribution >= 4 is 11.9 Å². The summed E-state index contributed by atoms with van der Waals surface area (Å²) in [6.45, 7) is 5.20. The van der Waals surface area contributed by atoms with Crippen molar-refractivity contribution in [3.8, 4) is 17.0 Å². The van der Waals surface area contributed by atoms with Crippen LogP contribution in [-0.4, -0.2) is 35.1 Å². The molecular formula is C29H34N2O4. The number of aromatic nitrogens is 1. The van der Waals surface area contributed by atoms with E-state index in [1.807, 2.05) is 24.3 Å². The van der Waals surface area contributed by atoms with Gasteiger partial charge in [-0.2, -0.15) is 0 Å². The first-order chi connectivity index (χ1) is 16.9. The Bertz CT molecular complexity index is 1080. The summed E-state index contributed by atoms with van der Waals surface area (Å²) < 4.78 is 5.85. The number of nitrogens with one attached hydrogen (secondary N) is 1. The highest BCUT2D eigenvalue weighted by Crippen LogP contribution is 2.21. The number of hydrogen-bond donors (Lipinski definition) is 2. The number of amides is 1. The van der Waals surface area contributed by atoms with Crippen LogP contribution >= 0.6 is 0 Å². The molecule has 0 atom stereocenters. The number of aryl methyl sites for hydroxylation is 1. The van der Waals surface area contributed by atoms with E-state index in [0.29, 0.717) is 18.1 Å². The number of benzene rings is 2. The Morgan fingerprint density at radius 2 is 1.66 bits per heavy atom. The number of rotatable bonds is 13. The number of nitrogens with zero attached hydrogens (tertiary/aromatic N) is 1. The summed E-state index contributed by atoms with van der Waals surface area (Å²) in [5, 5.41) is 11.2. The number of carbonyl (C=O) groups excluding carboxylic acids is 1. The first-order valence-electron chi connectivity index (χ1n) is 12.2. The molecule has 0 aliphatic rings. The van der Waals surface area contributed by atoms with E-state index in [-0.39, 0.29) is 18.9 Å². The molecule has 2 aromatic carbocycles. The lowest BCUT2D eigenvalue weighted by molar-refractivity contribution is -0.136. The molecule has 1 heterocycles. The van der Waals surface area contributed by atoms with Gasteiger partial charge in [-0.3, -0.25) is 14.6 Å². The van der Waals surface area contributed by atoms with Crippen LogP contribution in [0, 0.1) is 5.92 Å². The zero-order valence-corrected chi connectivity index (χ0v) is 20.5. The van der Waals surface area contributed by atoms with E-state index >= 15 is 0 Å². The van der Waals surface area contributed by atoms with Gasteiger partial charge < -0.3 is 15.2 Å². The van der Waals surface area contributed by atoms with Crippen LogP contribution in [0.1, 0.15) is 54.6 Å². The molecule has 6 heteroatoms. The third kappa shape index (κ3) is 8.89. The van der Waals surface area contributed by atoms with E-state index in [1.165, 1.54) is 5.56 Å². The fourth-order valence-electron chi connectivity index (χ4n) is 3.75. The van der Waals surface area contributed by atoms with Crippen molar-refractivity contribution < 1.29 is 19.4 Å². The number of carbonyl (C=O) groups is 2. The second-order valence-electron chi connectivity index (χ2n) is 9.08. The van der Waals surface area contributed by atoms with Gasteiger partial charge in [0.25, 0.3) is 5.91 Å². The fraction of sp³-hybridized carbons (Fsp3) is 0.345. The van der Waals surface area contributed by atoms with Crippen molar-refractivity contribution in [2.24, 2.45) is 5.92 Å². The smallest absolute Gasteiger partial charge is 0.305 e. The maximum Gasteiger partial charge on any atom is 0.305 e. The lowest BCUT2D eigenvalue weighted by Gasteiger charge is -2.09. The number of pyridine rings is 1. The van der Waals surface area contributed by atoms with Gasteiger partial charge in [-0.15, -0.1) is 0 Å². The topological polar surface area (TPSA) is 88.5 Å². The van der Waals surface area contributed by atoms with Gasteiger partial charge in [0.15, 0.2) is 0 Å². The molecule has 1 aromatic heterocycles. The Morgan fingerprint density at radius 1 is 0.943 bits per heavy atom. The van der Waals surface area contributed by atoms with E-state index in [0.717, 1.165) is 48.3 Å². The van der Waals surface area contributed by atoms with E-state index in [1.54, 1.807) is 18.3 Å². The zero-order valence-electron chi connectivity index (χ0n) is 20.5. The number of carboxylic acids is 1. The second kappa shape index (κ2) is 13.3. The van der Waals surface area contributed by atoms with Crippen LogP contribution in [0.25, 0.3) is 11.3 Å². The van der Waals surface area contributed by atoms with Gasteiger partial charge in [0.1, 0.15) is 5.75 Å². The highest BCUT2D eigenvalue weighted by atomic mass is 16.5. The lowest BCUT2D eigenvalue weighted by Crippen LogP contribution is -2.25. The number of carboxylic acid groups (broad SMARTS) is 1. The number of unbranched alkanes of at least 4 members (excludes halogenated alkanes) is 1. The fourth-order valence-corrected chi connectivity index (χ4v) is 3.75. The molecule has 0 fully saturated rings. The average molecular weight is 475 g/mol. The summed E-state index contributed by atoms with van der Waals surface area (Å²) >= 11 is 0. The van der Waals surface area contributed by atoms with Crippen LogP contribution < -0.4 is 10.1 Å². The van der Waals surface area contributed by atoms with Crippen LogP contribution in [0.3, 0.4) is 0 Å². The molecule has 0 bridgehead atoms. The van der Waals surface area contributed by atoms with Crippen LogP contribution in [0.5, 0.6) is 5.75 Å². The molecule has 2 N–H and O–H groups in total. The van der Waals surface area contributed by atoms with Crippen molar-refractivity contribution in [3.63, 3.8) is 0 Å². The Hall–Kier alpha value is -3.67. The van der Waals surface area contributed by atoms with Gasteiger partial charge in [0, 0.05) is 17.7 Å². The number of aliphatic carboxylic acids is 1. The van der Waals surface area contributed by atoms with Crippen molar-refractivity contribution in [3.05, 3.63) is 83.6 Å². The monoisotopic (exact) mass is 474 g/mol. The molecule has 1 amide bonds. The molecule has 0 spiro atoms. The number of ether oxygens (including phenoxy) is 1. The molecule has 0 saturated carbocycles. The highest BCUT2D eigenvalue weighted by Gasteiger charge is 2.06. The van der Waals surface area contributed by atoms with Gasteiger partial charge in [-0.25, -0.2) is 0 Å².